The molecule has 2 aromatic carbocycles. The minimum Gasteiger partial charge on any atom is -0.319 e. The predicted molar refractivity (Wildman–Crippen MR) is 131 cm³/mol. The number of nitrogens with zero attached hydrogens (tertiary/aromatic N) is 4. The number of sulfonamides is 1. The van der Waals surface area contributed by atoms with Crippen molar-refractivity contribution in [3.63, 3.8) is 0 Å². The Morgan fingerprint density at radius 1 is 0.971 bits per heavy atom. The Bertz CT molecular complexity index is 1340. The van der Waals surface area contributed by atoms with Gasteiger partial charge in [-0.2, -0.15) is 4.31 Å². The molecule has 178 valence electrons. The van der Waals surface area contributed by atoms with Gasteiger partial charge in [-0.15, -0.1) is 0 Å². The van der Waals surface area contributed by atoms with E-state index in [2.05, 4.69) is 0 Å². The molecule has 2 aliphatic rings. The molecule has 34 heavy (non-hydrogen) atoms. The molecule has 0 aliphatic carbocycles. The molecule has 10 heteroatoms. The number of benzene rings is 2. The summed E-state index contributed by atoms with van der Waals surface area (Å²) in [7, 11) is -3.53. The summed E-state index contributed by atoms with van der Waals surface area (Å²) in [4.78, 5) is 31.4. The van der Waals surface area contributed by atoms with Gasteiger partial charge in [-0.25, -0.2) is 13.4 Å². The first kappa shape index (κ1) is 23.1. The second kappa shape index (κ2) is 9.16. The summed E-state index contributed by atoms with van der Waals surface area (Å²) in [5, 5.41) is 0.738. The van der Waals surface area contributed by atoms with E-state index in [1.165, 1.54) is 16.7 Å². The maximum absolute atomic E-state index is 13.1. The van der Waals surface area contributed by atoms with E-state index in [1.54, 1.807) is 40.7 Å². The largest absolute Gasteiger partial charge is 0.319 e. The van der Waals surface area contributed by atoms with Gasteiger partial charge in [-0.1, -0.05) is 30.3 Å². The van der Waals surface area contributed by atoms with Gasteiger partial charge in [-0.3, -0.25) is 14.5 Å². The predicted octanol–water partition coefficient (Wildman–Crippen LogP) is 3.62. The van der Waals surface area contributed by atoms with Crippen molar-refractivity contribution in [3.8, 4) is 0 Å². The molecule has 2 aliphatic heterocycles. The van der Waals surface area contributed by atoms with E-state index in [0.29, 0.717) is 42.0 Å². The molecule has 1 saturated heterocycles. The quantitative estimate of drug-likeness (QED) is 0.365. The summed E-state index contributed by atoms with van der Waals surface area (Å²) in [6, 6.07) is 12.0. The monoisotopic (exact) mass is 498 g/mol. The molecule has 0 bridgehead atoms. The Labute approximate surface area is 203 Å². The zero-order chi connectivity index (χ0) is 23.9. The minimum absolute atomic E-state index is 0.266. The van der Waals surface area contributed by atoms with Crippen LogP contribution in [-0.4, -0.2) is 64.4 Å². The van der Waals surface area contributed by atoms with Gasteiger partial charge in [0.1, 0.15) is 0 Å². The maximum atomic E-state index is 13.1. The first-order chi connectivity index (χ1) is 16.4. The summed E-state index contributed by atoms with van der Waals surface area (Å²) < 4.78 is 29.8. The maximum Gasteiger partial charge on any atom is 0.261 e. The van der Waals surface area contributed by atoms with Crippen molar-refractivity contribution in [2.24, 2.45) is 0 Å². The van der Waals surface area contributed by atoms with Gasteiger partial charge in [0.25, 0.3) is 11.8 Å². The van der Waals surface area contributed by atoms with Crippen molar-refractivity contribution < 1.29 is 18.0 Å². The van der Waals surface area contributed by atoms with Crippen LogP contribution in [0.15, 0.2) is 52.5 Å². The first-order valence-corrected chi connectivity index (χ1v) is 13.9. The number of carbonyl (C=O) groups excluding carboxylic acids is 2. The van der Waals surface area contributed by atoms with E-state index in [9.17, 15) is 18.0 Å². The van der Waals surface area contributed by atoms with Crippen LogP contribution in [0.25, 0.3) is 11.0 Å². The van der Waals surface area contributed by atoms with Crippen molar-refractivity contribution in [1.29, 1.82) is 0 Å². The third kappa shape index (κ3) is 3.93. The van der Waals surface area contributed by atoms with Crippen molar-refractivity contribution in [1.82, 2.24) is 18.8 Å². The molecule has 0 N–H and O–H groups in total. The van der Waals surface area contributed by atoms with E-state index < -0.39 is 10.0 Å². The molecule has 8 nitrogen and oxygen atoms in total. The van der Waals surface area contributed by atoms with Gasteiger partial charge in [0, 0.05) is 31.9 Å². The fourth-order valence-electron chi connectivity index (χ4n) is 4.59. The lowest BCUT2D eigenvalue weighted by atomic mass is 10.1. The van der Waals surface area contributed by atoms with E-state index in [4.69, 9.17) is 4.98 Å². The Hall–Kier alpha value is -2.69. The Balaban J connectivity index is 1.34. The summed E-state index contributed by atoms with van der Waals surface area (Å²) >= 11 is 1.45. The van der Waals surface area contributed by atoms with Crippen LogP contribution in [0.4, 0.5) is 0 Å². The summed E-state index contributed by atoms with van der Waals surface area (Å²) in [5.74, 6) is -0.0382. The number of hydrogen-bond acceptors (Lipinski definition) is 6. The number of amides is 2. The van der Waals surface area contributed by atoms with Crippen LogP contribution in [0.2, 0.25) is 0 Å². The molecule has 0 atom stereocenters. The van der Waals surface area contributed by atoms with Gasteiger partial charge in [0.05, 0.1) is 27.1 Å². The van der Waals surface area contributed by atoms with Crippen molar-refractivity contribution in [2.75, 3.05) is 25.4 Å². The lowest BCUT2D eigenvalue weighted by molar-refractivity contribution is 0.0664. The number of piperidine rings is 1. The van der Waals surface area contributed by atoms with E-state index in [-0.39, 0.29) is 23.3 Å². The molecular formula is C24H26N4O4S2. The van der Waals surface area contributed by atoms with Crippen molar-refractivity contribution >= 4 is 44.6 Å². The number of thioether (sulfide) groups is 1. The Morgan fingerprint density at radius 2 is 1.65 bits per heavy atom. The van der Waals surface area contributed by atoms with Crippen LogP contribution >= 0.6 is 11.8 Å². The normalized spacial score (nSPS) is 17.0. The number of aryl methyl sites for hydroxylation is 1. The molecule has 2 amide bonds. The van der Waals surface area contributed by atoms with E-state index >= 15 is 0 Å². The smallest absolute Gasteiger partial charge is 0.261 e. The molecule has 3 heterocycles. The summed E-state index contributed by atoms with van der Waals surface area (Å²) in [6.45, 7) is 4.07. The van der Waals surface area contributed by atoms with Gasteiger partial charge in [0.2, 0.25) is 10.0 Å². The third-order valence-electron chi connectivity index (χ3n) is 6.38. The number of imide groups is 1. The zero-order valence-electron chi connectivity index (χ0n) is 18.9. The lowest BCUT2D eigenvalue weighted by Gasteiger charge is -2.25. The highest BCUT2D eigenvalue weighted by molar-refractivity contribution is 7.99. The number of carbonyl (C=O) groups is 2. The third-order valence-corrected chi connectivity index (χ3v) is 9.23. The van der Waals surface area contributed by atoms with Crippen LogP contribution < -0.4 is 0 Å². The van der Waals surface area contributed by atoms with Crippen molar-refractivity contribution in [3.05, 3.63) is 53.6 Å². The molecule has 5 rings (SSSR count). The number of imidazole rings is 1. The molecule has 1 fully saturated rings. The first-order valence-electron chi connectivity index (χ1n) is 11.5. The molecule has 0 unspecified atom stereocenters. The summed E-state index contributed by atoms with van der Waals surface area (Å²) in [6.07, 6.45) is 2.84. The van der Waals surface area contributed by atoms with Crippen LogP contribution in [0.1, 0.15) is 46.9 Å². The van der Waals surface area contributed by atoms with Crippen LogP contribution in [0.5, 0.6) is 0 Å². The fraction of sp³-hybridized carbons (Fsp3) is 0.375. The number of rotatable bonds is 7. The topological polar surface area (TPSA) is 92.6 Å². The van der Waals surface area contributed by atoms with Gasteiger partial charge >= 0.3 is 0 Å². The van der Waals surface area contributed by atoms with Crippen LogP contribution in [-0.2, 0) is 16.6 Å². The molecule has 0 saturated carbocycles. The SMILES string of the molecule is CCn1c(SCCN2C(=O)c3ccccc3C2=O)nc2cc(S(=O)(=O)N3CCCCC3)ccc21. The highest BCUT2D eigenvalue weighted by atomic mass is 32.2. The fourth-order valence-corrected chi connectivity index (χ4v) is 7.13. The highest BCUT2D eigenvalue weighted by Gasteiger charge is 2.34. The number of fused-ring (bicyclic) bond motifs is 2. The van der Waals surface area contributed by atoms with Gasteiger partial charge in [-0.05, 0) is 50.1 Å². The van der Waals surface area contributed by atoms with Gasteiger partial charge < -0.3 is 4.57 Å². The van der Waals surface area contributed by atoms with E-state index in [0.717, 1.165) is 29.9 Å². The van der Waals surface area contributed by atoms with Crippen LogP contribution in [0.3, 0.4) is 0 Å². The molecule has 3 aromatic rings. The highest BCUT2D eigenvalue weighted by Crippen LogP contribution is 2.29. The zero-order valence-corrected chi connectivity index (χ0v) is 20.6. The molecule has 0 radical (unpaired) electrons. The van der Waals surface area contributed by atoms with Crippen molar-refractivity contribution in [2.45, 2.75) is 42.8 Å². The standard InChI is InChI=1S/C24H26N4O4S2/c1-2-27-21-11-10-17(34(31,32)26-12-6-3-7-13-26)16-20(21)25-24(27)33-15-14-28-22(29)18-8-4-5-9-19(18)23(28)30/h4-5,8-11,16H,2-3,6-7,12-15H2,1H3. The molecule has 0 spiro atoms. The Kier molecular flexibility index (Phi) is 6.22. The summed E-state index contributed by atoms with van der Waals surface area (Å²) in [5.41, 5.74) is 2.38. The van der Waals surface area contributed by atoms with Gasteiger partial charge in [0.15, 0.2) is 5.16 Å². The number of aromatic nitrogens is 2. The second-order valence-electron chi connectivity index (χ2n) is 8.41. The second-order valence-corrected chi connectivity index (χ2v) is 11.4. The average Bonchev–Trinajstić information content (AvgIpc) is 3.34. The lowest BCUT2D eigenvalue weighted by Crippen LogP contribution is -2.35. The minimum atomic E-state index is -3.53. The Morgan fingerprint density at radius 3 is 2.29 bits per heavy atom. The number of hydrogen-bond donors (Lipinski definition) is 0. The molecule has 1 aromatic heterocycles. The van der Waals surface area contributed by atoms with Crippen LogP contribution in [0, 0.1) is 0 Å². The molecular weight excluding hydrogens is 472 g/mol. The average molecular weight is 499 g/mol. The van der Waals surface area contributed by atoms with E-state index in [1.807, 2.05) is 17.6 Å².